The van der Waals surface area contributed by atoms with Crippen LogP contribution in [0.3, 0.4) is 0 Å². The predicted octanol–water partition coefficient (Wildman–Crippen LogP) is 3.77. The fourth-order valence-electron chi connectivity index (χ4n) is 3.98. The zero-order chi connectivity index (χ0) is 20.1. The molecule has 0 amide bonds. The fraction of sp³-hybridized carbons (Fsp3) is 0.300. The van der Waals surface area contributed by atoms with Crippen LogP contribution in [0.4, 0.5) is 21.6 Å². The minimum atomic E-state index is -0.397. The molecular weight excluding hydrogens is 393 g/mol. The smallest absolute Gasteiger partial charge is 0.173 e. The van der Waals surface area contributed by atoms with E-state index in [0.717, 1.165) is 54.0 Å². The van der Waals surface area contributed by atoms with Crippen LogP contribution in [0.15, 0.2) is 24.5 Å². The summed E-state index contributed by atoms with van der Waals surface area (Å²) in [6.45, 7) is 7.67. The van der Waals surface area contributed by atoms with Gasteiger partial charge in [0.05, 0.1) is 27.3 Å². The summed E-state index contributed by atoms with van der Waals surface area (Å²) in [6, 6.07) is 3.41. The van der Waals surface area contributed by atoms with Gasteiger partial charge >= 0.3 is 0 Å². The Labute approximate surface area is 171 Å². The molecule has 7 nitrogen and oxygen atoms in total. The molecule has 0 bridgehead atoms. The van der Waals surface area contributed by atoms with E-state index in [2.05, 4.69) is 37.6 Å². The minimum Gasteiger partial charge on any atom is -0.369 e. The summed E-state index contributed by atoms with van der Waals surface area (Å²) >= 11 is 6.66. The van der Waals surface area contributed by atoms with Crippen molar-refractivity contribution >= 4 is 45.3 Å². The van der Waals surface area contributed by atoms with Gasteiger partial charge in [-0.1, -0.05) is 11.6 Å². The van der Waals surface area contributed by atoms with Gasteiger partial charge in [-0.15, -0.1) is 0 Å². The summed E-state index contributed by atoms with van der Waals surface area (Å²) < 4.78 is 16.1. The molecule has 4 aromatic rings. The van der Waals surface area contributed by atoms with Crippen molar-refractivity contribution in [2.45, 2.75) is 13.8 Å². The maximum atomic E-state index is 14.4. The van der Waals surface area contributed by atoms with Gasteiger partial charge in [0.25, 0.3) is 0 Å². The first kappa shape index (κ1) is 18.2. The lowest BCUT2D eigenvalue weighted by atomic mass is 10.1. The van der Waals surface area contributed by atoms with Crippen LogP contribution in [0, 0.1) is 19.7 Å². The highest BCUT2D eigenvalue weighted by molar-refractivity contribution is 6.37. The van der Waals surface area contributed by atoms with Gasteiger partial charge in [-0.05, 0) is 25.5 Å². The van der Waals surface area contributed by atoms with Gasteiger partial charge in [0, 0.05) is 50.3 Å². The fourth-order valence-corrected chi connectivity index (χ4v) is 4.27. The molecule has 29 heavy (non-hydrogen) atoms. The average Bonchev–Trinajstić information content (AvgIpc) is 3.29. The van der Waals surface area contributed by atoms with Crippen LogP contribution in [0.1, 0.15) is 11.3 Å². The molecule has 0 radical (unpaired) electrons. The number of H-pyrrole nitrogens is 1. The number of benzene rings is 1. The Morgan fingerprint density at radius 3 is 2.76 bits per heavy atom. The maximum Gasteiger partial charge on any atom is 0.173 e. The van der Waals surface area contributed by atoms with Crippen molar-refractivity contribution in [3.63, 3.8) is 0 Å². The van der Waals surface area contributed by atoms with Crippen molar-refractivity contribution in [3.8, 4) is 0 Å². The lowest BCUT2D eigenvalue weighted by molar-refractivity contribution is 0.588. The molecule has 150 valence electrons. The van der Waals surface area contributed by atoms with E-state index in [4.69, 9.17) is 11.6 Å². The van der Waals surface area contributed by atoms with Gasteiger partial charge in [-0.25, -0.2) is 9.37 Å². The van der Waals surface area contributed by atoms with Crippen molar-refractivity contribution in [1.29, 1.82) is 0 Å². The van der Waals surface area contributed by atoms with Crippen LogP contribution in [-0.2, 0) is 0 Å². The highest BCUT2D eigenvalue weighted by Gasteiger charge is 2.20. The molecule has 0 aliphatic carbocycles. The molecule has 4 heterocycles. The summed E-state index contributed by atoms with van der Waals surface area (Å²) in [4.78, 5) is 6.52. The second kappa shape index (κ2) is 6.89. The monoisotopic (exact) mass is 413 g/mol. The lowest BCUT2D eigenvalue weighted by Gasteiger charge is -2.31. The Hall–Kier alpha value is -2.84. The molecule has 1 aliphatic heterocycles. The lowest BCUT2D eigenvalue weighted by Crippen LogP contribution is -2.43. The van der Waals surface area contributed by atoms with Crippen molar-refractivity contribution in [1.82, 2.24) is 24.9 Å². The molecule has 1 fully saturated rings. The van der Waals surface area contributed by atoms with Crippen LogP contribution in [0.25, 0.3) is 16.6 Å². The van der Waals surface area contributed by atoms with Crippen molar-refractivity contribution in [2.75, 3.05) is 36.4 Å². The third kappa shape index (κ3) is 3.08. The van der Waals surface area contributed by atoms with E-state index in [1.54, 1.807) is 16.8 Å². The summed E-state index contributed by atoms with van der Waals surface area (Å²) in [5, 5.41) is 15.5. The SMILES string of the molecule is Cc1cn2cc(Nc3n[nH]c4c(C)c(N5CCNCC5)cc(Cl)c34)cc(F)c2n1. The molecular formula is C20H21ClFN7. The number of fused-ring (bicyclic) bond motifs is 2. The molecule has 0 spiro atoms. The highest BCUT2D eigenvalue weighted by atomic mass is 35.5. The molecule has 0 unspecified atom stereocenters. The first-order valence-electron chi connectivity index (χ1n) is 9.56. The van der Waals surface area contributed by atoms with E-state index in [9.17, 15) is 4.39 Å². The molecule has 1 aliphatic rings. The number of nitrogens with zero attached hydrogens (tertiary/aromatic N) is 4. The molecule has 5 rings (SSSR count). The zero-order valence-corrected chi connectivity index (χ0v) is 16.9. The normalized spacial score (nSPS) is 14.8. The van der Waals surface area contributed by atoms with Gasteiger partial charge in [-0.2, -0.15) is 5.10 Å². The van der Waals surface area contributed by atoms with Crippen molar-refractivity contribution in [2.24, 2.45) is 0 Å². The molecule has 3 N–H and O–H groups in total. The quantitative estimate of drug-likeness (QED) is 0.476. The number of aromatic nitrogens is 4. The maximum absolute atomic E-state index is 14.4. The van der Waals surface area contributed by atoms with Gasteiger partial charge < -0.3 is 19.9 Å². The third-order valence-corrected chi connectivity index (χ3v) is 5.67. The van der Waals surface area contributed by atoms with Crippen LogP contribution >= 0.6 is 11.6 Å². The highest BCUT2D eigenvalue weighted by Crippen LogP contribution is 2.38. The molecule has 9 heteroatoms. The predicted molar refractivity (Wildman–Crippen MR) is 114 cm³/mol. The van der Waals surface area contributed by atoms with Crippen LogP contribution in [0.5, 0.6) is 0 Å². The Kier molecular flexibility index (Phi) is 4.33. The largest absolute Gasteiger partial charge is 0.369 e. The number of aryl methyl sites for hydroxylation is 2. The number of piperazine rings is 1. The van der Waals surface area contributed by atoms with E-state index in [1.807, 2.05) is 13.0 Å². The zero-order valence-electron chi connectivity index (χ0n) is 16.2. The van der Waals surface area contributed by atoms with E-state index < -0.39 is 5.82 Å². The number of aromatic amines is 1. The number of halogens is 2. The van der Waals surface area contributed by atoms with Crippen LogP contribution < -0.4 is 15.5 Å². The molecule has 0 atom stereocenters. The van der Waals surface area contributed by atoms with Gasteiger partial charge in [0.1, 0.15) is 0 Å². The topological polar surface area (TPSA) is 73.3 Å². The Morgan fingerprint density at radius 1 is 1.17 bits per heavy atom. The minimum absolute atomic E-state index is 0.300. The molecule has 1 saturated heterocycles. The second-order valence-electron chi connectivity index (χ2n) is 7.38. The number of nitrogens with one attached hydrogen (secondary N) is 3. The first-order valence-corrected chi connectivity index (χ1v) is 9.94. The number of anilines is 3. The Bertz CT molecular complexity index is 1220. The van der Waals surface area contributed by atoms with Crippen molar-refractivity contribution < 1.29 is 4.39 Å². The van der Waals surface area contributed by atoms with E-state index >= 15 is 0 Å². The number of rotatable bonds is 3. The van der Waals surface area contributed by atoms with Gasteiger partial charge in [-0.3, -0.25) is 5.10 Å². The second-order valence-corrected chi connectivity index (χ2v) is 7.78. The van der Waals surface area contributed by atoms with Crippen LogP contribution in [0.2, 0.25) is 5.02 Å². The average molecular weight is 414 g/mol. The summed E-state index contributed by atoms with van der Waals surface area (Å²) in [6.07, 6.45) is 3.57. The first-order chi connectivity index (χ1) is 14.0. The summed E-state index contributed by atoms with van der Waals surface area (Å²) in [5.74, 6) is 0.168. The number of pyridine rings is 1. The van der Waals surface area contributed by atoms with Crippen LogP contribution in [-0.4, -0.2) is 45.8 Å². The van der Waals surface area contributed by atoms with E-state index in [-0.39, 0.29) is 0 Å². The Balaban J connectivity index is 1.55. The number of hydrogen-bond donors (Lipinski definition) is 3. The van der Waals surface area contributed by atoms with E-state index in [0.29, 0.717) is 22.2 Å². The van der Waals surface area contributed by atoms with Gasteiger partial charge in [0.15, 0.2) is 17.3 Å². The third-order valence-electron chi connectivity index (χ3n) is 5.37. The number of imidazole rings is 1. The molecule has 3 aromatic heterocycles. The standard InChI is InChI=1S/C20H21ClFN7/c1-11-9-29-10-13(7-15(22)20(29)24-11)25-19-17-14(21)8-16(12(2)18(17)26-27-19)28-5-3-23-4-6-28/h7-10,23H,3-6H2,1-2H3,(H2,25,26,27). The van der Waals surface area contributed by atoms with Gasteiger partial charge in [0.2, 0.25) is 0 Å². The number of hydrogen-bond acceptors (Lipinski definition) is 5. The Morgan fingerprint density at radius 2 is 1.97 bits per heavy atom. The summed E-state index contributed by atoms with van der Waals surface area (Å²) in [5.41, 5.74) is 4.72. The molecule has 1 aromatic carbocycles. The summed E-state index contributed by atoms with van der Waals surface area (Å²) in [7, 11) is 0. The molecule has 0 saturated carbocycles. The van der Waals surface area contributed by atoms with Crippen molar-refractivity contribution in [3.05, 3.63) is 46.6 Å². The van der Waals surface area contributed by atoms with E-state index in [1.165, 1.54) is 6.07 Å².